The van der Waals surface area contributed by atoms with Crippen LogP contribution in [0.4, 0.5) is 16.2 Å². The van der Waals surface area contributed by atoms with Crippen molar-refractivity contribution in [1.82, 2.24) is 5.32 Å². The fourth-order valence-corrected chi connectivity index (χ4v) is 3.37. The van der Waals surface area contributed by atoms with Gasteiger partial charge in [-0.1, -0.05) is 36.1 Å². The fraction of sp³-hybridized carbons (Fsp3) is 0.233. The molecular weight excluding hydrogens is 464 g/mol. The van der Waals surface area contributed by atoms with Gasteiger partial charge in [0.25, 0.3) is 5.91 Å². The highest BCUT2D eigenvalue weighted by molar-refractivity contribution is 6.06. The van der Waals surface area contributed by atoms with Crippen molar-refractivity contribution in [3.63, 3.8) is 0 Å². The van der Waals surface area contributed by atoms with E-state index in [4.69, 9.17) is 10.1 Å². The molecule has 0 saturated carbocycles. The minimum absolute atomic E-state index is 0.0385. The highest BCUT2D eigenvalue weighted by Crippen LogP contribution is 2.17. The van der Waals surface area contributed by atoms with Gasteiger partial charge in [0, 0.05) is 35.1 Å². The van der Waals surface area contributed by atoms with Gasteiger partial charge in [-0.25, -0.2) is 4.79 Å². The summed E-state index contributed by atoms with van der Waals surface area (Å²) in [6, 6.07) is 22.1. The maximum absolute atomic E-state index is 12.9. The zero-order valence-corrected chi connectivity index (χ0v) is 21.8. The number of nitrogens with one attached hydrogen (secondary N) is 3. The van der Waals surface area contributed by atoms with E-state index in [1.807, 2.05) is 67.6 Å². The van der Waals surface area contributed by atoms with E-state index in [0.717, 1.165) is 22.5 Å². The predicted molar refractivity (Wildman–Crippen MR) is 148 cm³/mol. The minimum Gasteiger partial charge on any atom is -0.444 e. The van der Waals surface area contributed by atoms with Gasteiger partial charge >= 0.3 is 6.09 Å². The van der Waals surface area contributed by atoms with Crippen LogP contribution in [0.15, 0.2) is 72.8 Å². The molecule has 0 atom stereocenters. The van der Waals surface area contributed by atoms with Gasteiger partial charge in [0.2, 0.25) is 0 Å². The molecule has 0 spiro atoms. The van der Waals surface area contributed by atoms with Crippen LogP contribution in [0.3, 0.4) is 0 Å². The molecule has 3 aromatic rings. The van der Waals surface area contributed by atoms with Crippen LogP contribution in [0.1, 0.15) is 47.8 Å². The molecule has 0 unspecified atom stereocenters. The van der Waals surface area contributed by atoms with E-state index in [1.165, 1.54) is 0 Å². The van der Waals surface area contributed by atoms with Crippen LogP contribution < -0.4 is 15.5 Å². The molecule has 0 aliphatic carbocycles. The summed E-state index contributed by atoms with van der Waals surface area (Å²) in [6.45, 7) is 7.66. The van der Waals surface area contributed by atoms with Crippen LogP contribution >= 0.6 is 0 Å². The van der Waals surface area contributed by atoms with E-state index in [9.17, 15) is 9.59 Å². The molecular formula is C30H32N4O3. The normalized spacial score (nSPS) is 10.5. The molecule has 3 aromatic carbocycles. The molecule has 0 aromatic heterocycles. The van der Waals surface area contributed by atoms with Crippen molar-refractivity contribution in [3.05, 3.63) is 95.1 Å². The van der Waals surface area contributed by atoms with Crippen molar-refractivity contribution < 1.29 is 14.3 Å². The first-order valence-electron chi connectivity index (χ1n) is 11.9. The second-order valence-corrected chi connectivity index (χ2v) is 9.46. The van der Waals surface area contributed by atoms with Crippen LogP contribution in [0, 0.1) is 24.2 Å². The third-order valence-electron chi connectivity index (χ3n) is 5.34. The van der Waals surface area contributed by atoms with Gasteiger partial charge in [0.15, 0.2) is 0 Å². The molecule has 3 rings (SSSR count). The van der Waals surface area contributed by atoms with Crippen LogP contribution in [0.25, 0.3) is 0 Å². The molecule has 0 radical (unpaired) electrons. The topological polar surface area (TPSA) is 94.5 Å². The molecule has 0 saturated heterocycles. The Kier molecular flexibility index (Phi) is 8.70. The Bertz CT molecular complexity index is 1330. The van der Waals surface area contributed by atoms with E-state index in [0.29, 0.717) is 17.7 Å². The van der Waals surface area contributed by atoms with Crippen LogP contribution in [0.2, 0.25) is 0 Å². The molecule has 3 N–H and O–H groups in total. The summed E-state index contributed by atoms with van der Waals surface area (Å²) in [7, 11) is 1.76. The predicted octanol–water partition coefficient (Wildman–Crippen LogP) is 5.59. The molecule has 0 aliphatic heterocycles. The number of nitrogens with zero attached hydrogens (tertiary/aromatic N) is 1. The van der Waals surface area contributed by atoms with Crippen LogP contribution in [0.5, 0.6) is 0 Å². The average Bonchev–Trinajstić information content (AvgIpc) is 2.86. The van der Waals surface area contributed by atoms with Gasteiger partial charge in [-0.05, 0) is 81.8 Å². The Balaban J connectivity index is 1.58. The smallest absolute Gasteiger partial charge is 0.413 e. The maximum atomic E-state index is 12.9. The number of benzene rings is 3. The summed E-state index contributed by atoms with van der Waals surface area (Å²) in [5.41, 5.74) is 3.94. The van der Waals surface area contributed by atoms with Crippen molar-refractivity contribution in [3.8, 4) is 11.8 Å². The maximum Gasteiger partial charge on any atom is 0.413 e. The van der Waals surface area contributed by atoms with Crippen molar-refractivity contribution in [2.24, 2.45) is 0 Å². The molecule has 0 fully saturated rings. The quantitative estimate of drug-likeness (QED) is 0.244. The lowest BCUT2D eigenvalue weighted by atomic mass is 10.0. The molecule has 0 aliphatic rings. The summed E-state index contributed by atoms with van der Waals surface area (Å²) >= 11 is 0. The zero-order valence-electron chi connectivity index (χ0n) is 21.8. The number of aryl methyl sites for hydroxylation is 1. The highest BCUT2D eigenvalue weighted by Gasteiger charge is 2.17. The number of anilines is 2. The number of ether oxygens (including phenoxy) is 1. The molecule has 37 heavy (non-hydrogen) atoms. The monoisotopic (exact) mass is 496 g/mol. The van der Waals surface area contributed by atoms with E-state index in [2.05, 4.69) is 22.5 Å². The molecule has 190 valence electrons. The molecule has 7 heteroatoms. The largest absolute Gasteiger partial charge is 0.444 e. The van der Waals surface area contributed by atoms with Gasteiger partial charge in [0.1, 0.15) is 11.4 Å². The second-order valence-electron chi connectivity index (χ2n) is 9.46. The first-order chi connectivity index (χ1) is 17.5. The van der Waals surface area contributed by atoms with Gasteiger partial charge < -0.3 is 15.0 Å². The van der Waals surface area contributed by atoms with Crippen LogP contribution in [-0.2, 0) is 4.74 Å². The molecule has 7 nitrogen and oxygen atoms in total. The third-order valence-corrected chi connectivity index (χ3v) is 5.34. The number of carbonyl (C=O) groups excluding carboxylic acids is 2. The summed E-state index contributed by atoms with van der Waals surface area (Å²) < 4.78 is 5.18. The van der Waals surface area contributed by atoms with Crippen molar-refractivity contribution in [1.29, 1.82) is 5.41 Å². The summed E-state index contributed by atoms with van der Waals surface area (Å²) in [6.07, 6.45) is -0.664. The first kappa shape index (κ1) is 27.0. The van der Waals surface area contributed by atoms with Crippen molar-refractivity contribution in [2.45, 2.75) is 33.3 Å². The van der Waals surface area contributed by atoms with Crippen LogP contribution in [-0.4, -0.2) is 37.0 Å². The van der Waals surface area contributed by atoms with Gasteiger partial charge in [0.05, 0.1) is 6.54 Å². The Morgan fingerprint density at radius 3 is 2.27 bits per heavy atom. The highest BCUT2D eigenvalue weighted by atomic mass is 16.6. The zero-order chi connectivity index (χ0) is 27.0. The lowest BCUT2D eigenvalue weighted by molar-refractivity contribution is 0.0563. The number of carbonyl (C=O) groups is 2. The number of para-hydroxylation sites is 1. The summed E-state index contributed by atoms with van der Waals surface area (Å²) in [5.74, 6) is 6.11. The number of hydrogen-bond acceptors (Lipinski definition) is 5. The Morgan fingerprint density at radius 2 is 1.62 bits per heavy atom. The number of amidine groups is 1. The first-order valence-corrected chi connectivity index (χ1v) is 11.9. The Morgan fingerprint density at radius 1 is 0.973 bits per heavy atom. The fourth-order valence-electron chi connectivity index (χ4n) is 3.37. The van der Waals surface area contributed by atoms with E-state index in [-0.39, 0.29) is 11.7 Å². The van der Waals surface area contributed by atoms with Gasteiger partial charge in [-0.2, -0.15) is 0 Å². The summed E-state index contributed by atoms with van der Waals surface area (Å²) in [4.78, 5) is 26.4. The average molecular weight is 497 g/mol. The van der Waals surface area contributed by atoms with Gasteiger partial charge in [-0.15, -0.1) is 0 Å². The Hall–Kier alpha value is -4.57. The number of rotatable bonds is 5. The third kappa shape index (κ3) is 7.97. The van der Waals surface area contributed by atoms with E-state index < -0.39 is 11.7 Å². The minimum atomic E-state index is -0.664. The van der Waals surface area contributed by atoms with E-state index in [1.54, 1.807) is 44.9 Å². The number of hydrogen-bond donors (Lipinski definition) is 3. The number of alkyl carbamates (subject to hydrolysis) is 1. The van der Waals surface area contributed by atoms with Gasteiger partial charge in [-0.3, -0.25) is 15.5 Å². The van der Waals surface area contributed by atoms with E-state index >= 15 is 0 Å². The summed E-state index contributed by atoms with van der Waals surface area (Å²) in [5, 5.41) is 13.7. The molecule has 0 heterocycles. The number of amides is 2. The van der Waals surface area contributed by atoms with Crippen molar-refractivity contribution >= 4 is 29.2 Å². The second kappa shape index (κ2) is 11.9. The lowest BCUT2D eigenvalue weighted by Gasteiger charge is -2.19. The SMILES string of the molecule is Cc1ccc(C(=O)N(C)c2ccccc2)cc1C#CCNc1ccc(C(=N)NC(=O)OC(C)(C)C)cc1. The van der Waals surface area contributed by atoms with Crippen molar-refractivity contribution in [2.75, 3.05) is 23.8 Å². The molecule has 0 bridgehead atoms. The standard InChI is InChI=1S/C30H32N4O3/c1-21-13-14-24(28(35)34(5)26-11-7-6-8-12-26)20-23(21)10-9-19-32-25-17-15-22(16-18-25)27(31)33-29(36)37-30(2,3)4/h6-8,11-18,20,32H,19H2,1-5H3,(H2,31,33,36). The Labute approximate surface area is 218 Å². The molecule has 2 amide bonds. The lowest BCUT2D eigenvalue weighted by Crippen LogP contribution is -2.36.